The number of fused-ring (bicyclic) bond motifs is 5. The van der Waals surface area contributed by atoms with Gasteiger partial charge in [0.1, 0.15) is 5.60 Å². The van der Waals surface area contributed by atoms with E-state index in [4.69, 9.17) is 4.74 Å². The van der Waals surface area contributed by atoms with Crippen LogP contribution in [0.3, 0.4) is 0 Å². The zero-order valence-corrected chi connectivity index (χ0v) is 23.2. The standard InChI is InChI=1S/C29H46O8/c1-16(30)37-25(2,3)10-9-24(34)28(6,35)23-8-12-29(36)18-13-20(31)19-14-21(32)22(33)15-26(19,4)17(18)7-11-27(23,29)5/h13,17,19,21-24,32-36H,7-12,14-15H2,1-6H3/t17-,19-,21+,22-,23-,24?,26+,27+,28+,29+/m0/s1. The van der Waals surface area contributed by atoms with Gasteiger partial charge in [-0.1, -0.05) is 13.8 Å². The summed E-state index contributed by atoms with van der Waals surface area (Å²) in [6.45, 7) is 10.5. The Morgan fingerprint density at radius 3 is 2.41 bits per heavy atom. The Morgan fingerprint density at radius 1 is 1.14 bits per heavy atom. The molecule has 8 nitrogen and oxygen atoms in total. The average molecular weight is 523 g/mol. The number of aliphatic hydroxyl groups excluding tert-OH is 3. The fourth-order valence-electron chi connectivity index (χ4n) is 8.76. The number of ketones is 1. The molecule has 0 saturated heterocycles. The number of hydrogen-bond acceptors (Lipinski definition) is 8. The minimum absolute atomic E-state index is 0.103. The predicted molar refractivity (Wildman–Crippen MR) is 136 cm³/mol. The summed E-state index contributed by atoms with van der Waals surface area (Å²) in [6, 6.07) is 0. The fourth-order valence-corrected chi connectivity index (χ4v) is 8.76. The van der Waals surface area contributed by atoms with Gasteiger partial charge in [-0.3, -0.25) is 9.59 Å². The molecule has 4 rings (SSSR count). The Bertz CT molecular complexity index is 971. The first-order chi connectivity index (χ1) is 16.9. The zero-order valence-electron chi connectivity index (χ0n) is 23.2. The van der Waals surface area contributed by atoms with Crippen LogP contribution in [0.2, 0.25) is 0 Å². The van der Waals surface area contributed by atoms with Crippen molar-refractivity contribution in [2.24, 2.45) is 28.6 Å². The molecule has 8 heteroatoms. The van der Waals surface area contributed by atoms with E-state index in [2.05, 4.69) is 0 Å². The molecular weight excluding hydrogens is 476 g/mol. The van der Waals surface area contributed by atoms with Crippen LogP contribution in [0.25, 0.3) is 0 Å². The molecule has 37 heavy (non-hydrogen) atoms. The second kappa shape index (κ2) is 9.12. The number of carbonyl (C=O) groups excluding carboxylic acids is 2. The largest absolute Gasteiger partial charge is 0.460 e. The molecule has 3 saturated carbocycles. The number of hydrogen-bond donors (Lipinski definition) is 5. The van der Waals surface area contributed by atoms with Gasteiger partial charge in [0.15, 0.2) is 5.78 Å². The highest BCUT2D eigenvalue weighted by Gasteiger charge is 2.69. The summed E-state index contributed by atoms with van der Waals surface area (Å²) in [5.41, 5.74) is -4.22. The van der Waals surface area contributed by atoms with Crippen molar-refractivity contribution < 1.29 is 39.9 Å². The van der Waals surface area contributed by atoms with Crippen molar-refractivity contribution >= 4 is 11.8 Å². The maximum atomic E-state index is 13.3. The molecule has 0 heterocycles. The molecule has 0 bridgehead atoms. The maximum Gasteiger partial charge on any atom is 0.303 e. The Balaban J connectivity index is 1.60. The lowest BCUT2D eigenvalue weighted by atomic mass is 9.45. The number of carbonyl (C=O) groups is 2. The third-order valence-corrected chi connectivity index (χ3v) is 10.9. The molecule has 4 aliphatic rings. The topological polar surface area (TPSA) is 145 Å². The molecule has 0 radical (unpaired) electrons. The quantitative estimate of drug-likeness (QED) is 0.335. The number of rotatable bonds is 6. The Labute approximate surface area is 220 Å². The van der Waals surface area contributed by atoms with Crippen LogP contribution in [0.5, 0.6) is 0 Å². The van der Waals surface area contributed by atoms with Crippen LogP contribution in [0.15, 0.2) is 11.6 Å². The molecule has 210 valence electrons. The smallest absolute Gasteiger partial charge is 0.303 e. The van der Waals surface area contributed by atoms with Crippen LogP contribution in [-0.2, 0) is 14.3 Å². The van der Waals surface area contributed by atoms with Crippen LogP contribution < -0.4 is 0 Å². The van der Waals surface area contributed by atoms with E-state index < -0.39 is 63.8 Å². The molecule has 0 spiro atoms. The van der Waals surface area contributed by atoms with Gasteiger partial charge >= 0.3 is 5.97 Å². The minimum atomic E-state index is -1.50. The lowest BCUT2D eigenvalue weighted by molar-refractivity contribution is -0.178. The lowest BCUT2D eigenvalue weighted by Crippen LogP contribution is -2.62. The first-order valence-electron chi connectivity index (χ1n) is 13.8. The summed E-state index contributed by atoms with van der Waals surface area (Å²) in [6.07, 6.45) is 1.94. The van der Waals surface area contributed by atoms with Crippen LogP contribution in [-0.4, -0.2) is 72.4 Å². The van der Waals surface area contributed by atoms with Crippen molar-refractivity contribution in [3.63, 3.8) is 0 Å². The van der Waals surface area contributed by atoms with E-state index >= 15 is 0 Å². The molecule has 10 atom stereocenters. The maximum absolute atomic E-state index is 13.3. The van der Waals surface area contributed by atoms with Crippen molar-refractivity contribution in [3.8, 4) is 0 Å². The molecule has 0 aromatic heterocycles. The summed E-state index contributed by atoms with van der Waals surface area (Å²) < 4.78 is 5.34. The highest BCUT2D eigenvalue weighted by molar-refractivity contribution is 5.95. The van der Waals surface area contributed by atoms with Gasteiger partial charge in [0.2, 0.25) is 0 Å². The highest BCUT2D eigenvalue weighted by atomic mass is 16.6. The van der Waals surface area contributed by atoms with Gasteiger partial charge in [0, 0.05) is 18.3 Å². The summed E-state index contributed by atoms with van der Waals surface area (Å²) in [5.74, 6) is -1.43. The molecule has 0 aromatic carbocycles. The summed E-state index contributed by atoms with van der Waals surface area (Å²) in [4.78, 5) is 24.7. The van der Waals surface area contributed by atoms with E-state index in [1.165, 1.54) is 6.92 Å². The number of aliphatic hydroxyl groups is 5. The molecular formula is C29H46O8. The Kier molecular flexibility index (Phi) is 7.07. The summed E-state index contributed by atoms with van der Waals surface area (Å²) >= 11 is 0. The average Bonchev–Trinajstić information content (AvgIpc) is 3.05. The Morgan fingerprint density at radius 2 is 1.78 bits per heavy atom. The van der Waals surface area contributed by atoms with E-state index in [1.54, 1.807) is 26.8 Å². The van der Waals surface area contributed by atoms with E-state index in [1.807, 2.05) is 13.8 Å². The number of allylic oxidation sites excluding steroid dienone is 1. The van der Waals surface area contributed by atoms with Crippen LogP contribution in [0, 0.1) is 28.6 Å². The van der Waals surface area contributed by atoms with E-state index in [9.17, 15) is 35.1 Å². The monoisotopic (exact) mass is 522 g/mol. The zero-order chi connectivity index (χ0) is 27.8. The minimum Gasteiger partial charge on any atom is -0.460 e. The van der Waals surface area contributed by atoms with Crippen molar-refractivity contribution in [2.45, 2.75) is 128 Å². The van der Waals surface area contributed by atoms with Gasteiger partial charge in [-0.15, -0.1) is 0 Å². The predicted octanol–water partition coefficient (Wildman–Crippen LogP) is 2.42. The second-order valence-corrected chi connectivity index (χ2v) is 13.7. The first kappa shape index (κ1) is 28.7. The highest BCUT2D eigenvalue weighted by Crippen LogP contribution is 2.68. The van der Waals surface area contributed by atoms with Gasteiger partial charge in [0.25, 0.3) is 0 Å². The van der Waals surface area contributed by atoms with Crippen molar-refractivity contribution in [1.82, 2.24) is 0 Å². The van der Waals surface area contributed by atoms with E-state index in [0.29, 0.717) is 44.1 Å². The molecule has 5 N–H and O–H groups in total. The van der Waals surface area contributed by atoms with Crippen LogP contribution in [0.4, 0.5) is 0 Å². The van der Waals surface area contributed by atoms with Gasteiger partial charge in [-0.2, -0.15) is 0 Å². The molecule has 0 amide bonds. The van der Waals surface area contributed by atoms with Gasteiger partial charge in [-0.25, -0.2) is 0 Å². The fraction of sp³-hybridized carbons (Fsp3) is 0.862. The Hall–Kier alpha value is -1.32. The normalized spacial score (nSPS) is 44.1. The molecule has 4 aliphatic carbocycles. The second-order valence-electron chi connectivity index (χ2n) is 13.7. The SMILES string of the molecule is CC(=O)OC(C)(C)CCC(O)[C@](C)(O)[C@H]1CC[C@@]2(O)C3=CC(=O)[C@@H]4C[C@@H](O)[C@@H](O)C[C@]4(C)[C@H]3CC[C@]12C. The first-order valence-corrected chi connectivity index (χ1v) is 13.8. The van der Waals surface area contributed by atoms with Crippen LogP contribution in [0.1, 0.15) is 92.9 Å². The van der Waals surface area contributed by atoms with Crippen molar-refractivity contribution in [2.75, 3.05) is 0 Å². The van der Waals surface area contributed by atoms with Gasteiger partial charge in [0.05, 0.1) is 29.5 Å². The summed E-state index contributed by atoms with van der Waals surface area (Å²) in [7, 11) is 0. The molecule has 0 aliphatic heterocycles. The molecule has 0 aromatic rings. The van der Waals surface area contributed by atoms with E-state index in [0.717, 1.165) is 0 Å². The third-order valence-electron chi connectivity index (χ3n) is 10.9. The molecule has 1 unspecified atom stereocenters. The van der Waals surface area contributed by atoms with Crippen molar-refractivity contribution in [3.05, 3.63) is 11.6 Å². The van der Waals surface area contributed by atoms with Crippen molar-refractivity contribution in [1.29, 1.82) is 0 Å². The lowest BCUT2D eigenvalue weighted by Gasteiger charge is -2.60. The van der Waals surface area contributed by atoms with Gasteiger partial charge < -0.3 is 30.3 Å². The van der Waals surface area contributed by atoms with Gasteiger partial charge in [-0.05, 0) is 101 Å². The van der Waals surface area contributed by atoms with E-state index in [-0.39, 0.29) is 24.5 Å². The molecule has 3 fully saturated rings. The van der Waals surface area contributed by atoms with Crippen LogP contribution >= 0.6 is 0 Å². The number of esters is 1. The third kappa shape index (κ3) is 4.41. The number of ether oxygens (including phenoxy) is 1. The summed E-state index contributed by atoms with van der Waals surface area (Å²) in [5, 5.41) is 55.9.